The maximum Gasteiger partial charge on any atom is 0.190 e. The van der Waals surface area contributed by atoms with Crippen molar-refractivity contribution in [1.29, 1.82) is 0 Å². The number of halogens is 2. The molecular weight excluding hydrogens is 266 g/mol. The van der Waals surface area contributed by atoms with Gasteiger partial charge in [-0.15, -0.1) is 0 Å². The SMILES string of the molecule is COc1c(F)cc(COc2ccc(CO)cc2)cc1F. The van der Waals surface area contributed by atoms with Crippen LogP contribution in [0.15, 0.2) is 36.4 Å². The van der Waals surface area contributed by atoms with Crippen LogP contribution in [0.1, 0.15) is 11.1 Å². The number of aliphatic hydroxyl groups is 1. The quantitative estimate of drug-likeness (QED) is 0.915. The van der Waals surface area contributed by atoms with Crippen LogP contribution in [-0.2, 0) is 13.2 Å². The molecule has 0 spiro atoms. The molecule has 5 heteroatoms. The van der Waals surface area contributed by atoms with Crippen molar-refractivity contribution in [3.8, 4) is 11.5 Å². The number of hydrogen-bond donors (Lipinski definition) is 1. The summed E-state index contributed by atoms with van der Waals surface area (Å²) in [6.45, 7) is -0.00844. The van der Waals surface area contributed by atoms with E-state index in [1.807, 2.05) is 0 Å². The molecule has 0 amide bonds. The Morgan fingerprint density at radius 2 is 1.60 bits per heavy atom. The highest BCUT2D eigenvalue weighted by Crippen LogP contribution is 2.23. The van der Waals surface area contributed by atoms with Gasteiger partial charge >= 0.3 is 0 Å². The highest BCUT2D eigenvalue weighted by Gasteiger charge is 2.11. The Hall–Kier alpha value is -2.14. The van der Waals surface area contributed by atoms with Gasteiger partial charge in [0.15, 0.2) is 17.4 Å². The summed E-state index contributed by atoms with van der Waals surface area (Å²) in [5.74, 6) is -1.37. The zero-order valence-electron chi connectivity index (χ0n) is 10.9. The second kappa shape index (κ2) is 6.34. The Bertz CT molecular complexity index is 559. The van der Waals surface area contributed by atoms with Gasteiger partial charge < -0.3 is 14.6 Å². The number of benzene rings is 2. The number of aliphatic hydroxyl groups excluding tert-OH is 1. The lowest BCUT2D eigenvalue weighted by Gasteiger charge is -2.09. The average molecular weight is 280 g/mol. The second-order valence-electron chi connectivity index (χ2n) is 4.18. The molecule has 0 aliphatic rings. The van der Waals surface area contributed by atoms with Crippen molar-refractivity contribution in [3.05, 3.63) is 59.2 Å². The van der Waals surface area contributed by atoms with Gasteiger partial charge in [0.05, 0.1) is 13.7 Å². The van der Waals surface area contributed by atoms with Crippen molar-refractivity contribution < 1.29 is 23.4 Å². The van der Waals surface area contributed by atoms with Gasteiger partial charge in [-0.25, -0.2) is 8.78 Å². The van der Waals surface area contributed by atoms with Crippen LogP contribution in [-0.4, -0.2) is 12.2 Å². The van der Waals surface area contributed by atoms with E-state index in [4.69, 9.17) is 9.84 Å². The molecular formula is C15H14F2O3. The number of methoxy groups -OCH3 is 1. The van der Waals surface area contributed by atoms with Gasteiger partial charge in [-0.1, -0.05) is 12.1 Å². The zero-order chi connectivity index (χ0) is 14.5. The van der Waals surface area contributed by atoms with Gasteiger partial charge in [-0.05, 0) is 35.4 Å². The maximum absolute atomic E-state index is 13.5. The van der Waals surface area contributed by atoms with Crippen LogP contribution in [0.3, 0.4) is 0 Å². The topological polar surface area (TPSA) is 38.7 Å². The molecule has 2 aromatic carbocycles. The minimum absolute atomic E-state index is 0.0380. The fourth-order valence-electron chi connectivity index (χ4n) is 1.75. The van der Waals surface area contributed by atoms with Crippen molar-refractivity contribution in [1.82, 2.24) is 0 Å². The first-order chi connectivity index (χ1) is 9.63. The fourth-order valence-corrected chi connectivity index (χ4v) is 1.75. The number of rotatable bonds is 5. The Kier molecular flexibility index (Phi) is 4.53. The molecule has 106 valence electrons. The van der Waals surface area contributed by atoms with Gasteiger partial charge in [-0.3, -0.25) is 0 Å². The second-order valence-corrected chi connectivity index (χ2v) is 4.18. The van der Waals surface area contributed by atoms with Crippen molar-refractivity contribution in [3.63, 3.8) is 0 Å². The van der Waals surface area contributed by atoms with E-state index in [0.29, 0.717) is 11.3 Å². The molecule has 2 rings (SSSR count). The van der Waals surface area contributed by atoms with E-state index in [1.165, 1.54) is 19.2 Å². The van der Waals surface area contributed by atoms with Crippen molar-refractivity contribution in [2.24, 2.45) is 0 Å². The predicted octanol–water partition coefficient (Wildman–Crippen LogP) is 3.04. The molecule has 2 aromatic rings. The van der Waals surface area contributed by atoms with E-state index in [0.717, 1.165) is 5.56 Å². The summed E-state index contributed by atoms with van der Waals surface area (Å²) in [6, 6.07) is 9.13. The molecule has 0 radical (unpaired) electrons. The largest absolute Gasteiger partial charge is 0.491 e. The molecule has 0 atom stereocenters. The van der Waals surface area contributed by atoms with Crippen molar-refractivity contribution in [2.75, 3.05) is 7.11 Å². The normalized spacial score (nSPS) is 10.4. The van der Waals surface area contributed by atoms with E-state index in [1.54, 1.807) is 24.3 Å². The highest BCUT2D eigenvalue weighted by molar-refractivity contribution is 5.32. The van der Waals surface area contributed by atoms with E-state index in [9.17, 15) is 8.78 Å². The average Bonchev–Trinajstić information content (AvgIpc) is 2.45. The Labute approximate surface area is 115 Å². The van der Waals surface area contributed by atoms with E-state index >= 15 is 0 Å². The molecule has 20 heavy (non-hydrogen) atoms. The summed E-state index contributed by atoms with van der Waals surface area (Å²) in [7, 11) is 1.21. The molecule has 1 N–H and O–H groups in total. The van der Waals surface area contributed by atoms with Gasteiger partial charge in [0, 0.05) is 0 Å². The fraction of sp³-hybridized carbons (Fsp3) is 0.200. The smallest absolute Gasteiger partial charge is 0.190 e. The first-order valence-electron chi connectivity index (χ1n) is 5.98. The lowest BCUT2D eigenvalue weighted by molar-refractivity contribution is 0.280. The monoisotopic (exact) mass is 280 g/mol. The van der Waals surface area contributed by atoms with E-state index in [-0.39, 0.29) is 13.2 Å². The first kappa shape index (κ1) is 14.3. The molecule has 0 aromatic heterocycles. The van der Waals surface area contributed by atoms with Crippen molar-refractivity contribution >= 4 is 0 Å². The van der Waals surface area contributed by atoms with Gasteiger partial charge in [0.2, 0.25) is 0 Å². The highest BCUT2D eigenvalue weighted by atomic mass is 19.1. The summed E-state index contributed by atoms with van der Waals surface area (Å²) >= 11 is 0. The minimum atomic E-state index is -0.762. The van der Waals surface area contributed by atoms with Gasteiger partial charge in [-0.2, -0.15) is 0 Å². The third kappa shape index (κ3) is 3.24. The van der Waals surface area contributed by atoms with E-state index in [2.05, 4.69) is 4.74 Å². The molecule has 0 saturated heterocycles. The molecule has 0 aliphatic heterocycles. The molecule has 0 saturated carbocycles. The molecule has 0 aliphatic carbocycles. The third-order valence-electron chi connectivity index (χ3n) is 2.77. The molecule has 0 unspecified atom stereocenters. The Balaban J connectivity index is 2.06. The molecule has 0 bridgehead atoms. The lowest BCUT2D eigenvalue weighted by atomic mass is 10.2. The van der Waals surface area contributed by atoms with Crippen LogP contribution in [0, 0.1) is 11.6 Å². The first-order valence-corrected chi connectivity index (χ1v) is 5.98. The molecule has 0 fully saturated rings. The summed E-state index contributed by atoms with van der Waals surface area (Å²) in [4.78, 5) is 0. The lowest BCUT2D eigenvalue weighted by Crippen LogP contribution is -2.00. The van der Waals surface area contributed by atoms with Crippen LogP contribution in [0.2, 0.25) is 0 Å². The van der Waals surface area contributed by atoms with Crippen LogP contribution in [0.5, 0.6) is 11.5 Å². The molecule has 0 heterocycles. The predicted molar refractivity (Wildman–Crippen MR) is 69.6 cm³/mol. The third-order valence-corrected chi connectivity index (χ3v) is 2.77. The number of hydrogen-bond acceptors (Lipinski definition) is 3. The zero-order valence-corrected chi connectivity index (χ0v) is 10.9. The Morgan fingerprint density at radius 1 is 1.00 bits per heavy atom. The van der Waals surface area contributed by atoms with Crippen LogP contribution in [0.4, 0.5) is 8.78 Å². The Morgan fingerprint density at radius 3 is 2.10 bits per heavy atom. The van der Waals surface area contributed by atoms with Crippen LogP contribution in [0.25, 0.3) is 0 Å². The molecule has 3 nitrogen and oxygen atoms in total. The minimum Gasteiger partial charge on any atom is -0.491 e. The standard InChI is InChI=1S/C15H14F2O3/c1-19-15-13(16)6-11(7-14(15)17)9-20-12-4-2-10(8-18)3-5-12/h2-7,18H,8-9H2,1H3. The van der Waals surface area contributed by atoms with Crippen molar-refractivity contribution in [2.45, 2.75) is 13.2 Å². The van der Waals surface area contributed by atoms with Crippen LogP contribution >= 0.6 is 0 Å². The summed E-state index contributed by atoms with van der Waals surface area (Å²) in [6.07, 6.45) is 0. The van der Waals surface area contributed by atoms with Gasteiger partial charge in [0.25, 0.3) is 0 Å². The maximum atomic E-state index is 13.5. The number of ether oxygens (including phenoxy) is 2. The van der Waals surface area contributed by atoms with E-state index < -0.39 is 17.4 Å². The summed E-state index contributed by atoms with van der Waals surface area (Å²) in [5, 5.41) is 8.91. The van der Waals surface area contributed by atoms with Crippen LogP contribution < -0.4 is 9.47 Å². The summed E-state index contributed by atoms with van der Waals surface area (Å²) < 4.78 is 37.0. The summed E-state index contributed by atoms with van der Waals surface area (Å²) in [5.41, 5.74) is 1.13. The van der Waals surface area contributed by atoms with Gasteiger partial charge in [0.1, 0.15) is 12.4 Å².